The van der Waals surface area contributed by atoms with Gasteiger partial charge in [-0.25, -0.2) is 9.97 Å². The lowest BCUT2D eigenvalue weighted by Crippen LogP contribution is -2.36. The lowest BCUT2D eigenvalue weighted by Gasteiger charge is -2.24. The highest BCUT2D eigenvalue weighted by Crippen LogP contribution is 2.29. The van der Waals surface area contributed by atoms with E-state index in [1.807, 2.05) is 18.7 Å². The number of nitrogens with one attached hydrogen (secondary N) is 1. The van der Waals surface area contributed by atoms with E-state index in [0.29, 0.717) is 36.0 Å². The smallest absolute Gasteiger partial charge is 0.254 e. The van der Waals surface area contributed by atoms with Crippen molar-refractivity contribution in [1.82, 2.24) is 20.2 Å². The van der Waals surface area contributed by atoms with Gasteiger partial charge in [-0.15, -0.1) is 0 Å². The van der Waals surface area contributed by atoms with Gasteiger partial charge in [0, 0.05) is 31.5 Å². The van der Waals surface area contributed by atoms with E-state index in [4.69, 9.17) is 0 Å². The summed E-state index contributed by atoms with van der Waals surface area (Å²) in [5.41, 5.74) is 1.92. The molecule has 0 spiro atoms. The summed E-state index contributed by atoms with van der Waals surface area (Å²) in [5, 5.41) is 2.96. The second-order valence-corrected chi connectivity index (χ2v) is 6.68. The van der Waals surface area contributed by atoms with Gasteiger partial charge < -0.3 is 10.2 Å². The van der Waals surface area contributed by atoms with E-state index in [2.05, 4.69) is 15.3 Å². The number of rotatable bonds is 4. The number of hydrogen-bond acceptors (Lipinski definition) is 4. The van der Waals surface area contributed by atoms with E-state index in [1.165, 1.54) is 19.2 Å². The molecule has 0 aromatic carbocycles. The Morgan fingerprint density at radius 1 is 1.26 bits per heavy atom. The molecule has 6 heteroatoms. The molecule has 2 heterocycles. The summed E-state index contributed by atoms with van der Waals surface area (Å²) < 4.78 is 0. The molecule has 1 N–H and O–H groups in total. The minimum atomic E-state index is -0.146. The van der Waals surface area contributed by atoms with Gasteiger partial charge in [0.15, 0.2) is 0 Å². The van der Waals surface area contributed by atoms with E-state index in [-0.39, 0.29) is 17.7 Å². The van der Waals surface area contributed by atoms with Crippen LogP contribution in [0.15, 0.2) is 6.33 Å². The summed E-state index contributed by atoms with van der Waals surface area (Å²) >= 11 is 0. The fourth-order valence-electron chi connectivity index (χ4n) is 3.76. The van der Waals surface area contributed by atoms with Gasteiger partial charge in [0.05, 0.1) is 17.0 Å². The van der Waals surface area contributed by atoms with Gasteiger partial charge in [-0.2, -0.15) is 0 Å². The Balaban J connectivity index is 1.56. The maximum absolute atomic E-state index is 12.4. The van der Waals surface area contributed by atoms with Crippen LogP contribution in [0.25, 0.3) is 0 Å². The molecule has 1 saturated carbocycles. The van der Waals surface area contributed by atoms with Gasteiger partial charge in [0.1, 0.15) is 6.33 Å². The first-order chi connectivity index (χ1) is 11.1. The first kappa shape index (κ1) is 15.9. The predicted molar refractivity (Wildman–Crippen MR) is 85.9 cm³/mol. The van der Waals surface area contributed by atoms with Crippen molar-refractivity contribution < 1.29 is 9.59 Å². The Morgan fingerprint density at radius 3 is 2.57 bits per heavy atom. The molecule has 6 nitrogen and oxygen atoms in total. The molecular formula is C17H24N4O2. The van der Waals surface area contributed by atoms with Crippen molar-refractivity contribution in [3.8, 4) is 0 Å². The number of carbonyl (C=O) groups excluding carboxylic acids is 2. The number of likely N-dealkylation sites (tertiary alicyclic amines) is 1. The Kier molecular flexibility index (Phi) is 4.59. The molecule has 0 radical (unpaired) electrons. The second kappa shape index (κ2) is 6.64. The Hall–Kier alpha value is -1.98. The quantitative estimate of drug-likeness (QED) is 0.916. The molecule has 1 saturated heterocycles. The number of aromatic nitrogens is 2. The molecule has 1 aliphatic heterocycles. The summed E-state index contributed by atoms with van der Waals surface area (Å²) in [6.07, 6.45) is 6.72. The molecule has 3 rings (SSSR count). The van der Waals surface area contributed by atoms with Gasteiger partial charge >= 0.3 is 0 Å². The van der Waals surface area contributed by atoms with E-state index < -0.39 is 0 Å². The molecule has 2 amide bonds. The van der Waals surface area contributed by atoms with Crippen LogP contribution in [-0.2, 0) is 4.79 Å². The number of amides is 2. The molecule has 23 heavy (non-hydrogen) atoms. The van der Waals surface area contributed by atoms with Crippen molar-refractivity contribution in [3.63, 3.8) is 0 Å². The normalized spacial score (nSPS) is 21.9. The van der Waals surface area contributed by atoms with Crippen LogP contribution in [0.3, 0.4) is 0 Å². The van der Waals surface area contributed by atoms with Crippen LogP contribution >= 0.6 is 0 Å². The Morgan fingerprint density at radius 2 is 1.91 bits per heavy atom. The van der Waals surface area contributed by atoms with Crippen LogP contribution < -0.4 is 5.32 Å². The van der Waals surface area contributed by atoms with Crippen molar-refractivity contribution in [2.75, 3.05) is 13.1 Å². The molecule has 2 fully saturated rings. The standard InChI is InChI=1S/C17H24N4O2/c1-11-16(12(2)20-10-19-11)17(23)18-8-13-7-15(22)21(9-13)14-5-3-4-6-14/h10,13-14H,3-9H2,1-2H3,(H,18,23)/t13-/m0/s1. The molecule has 1 aliphatic carbocycles. The molecule has 1 aromatic rings. The molecule has 124 valence electrons. The SMILES string of the molecule is Cc1ncnc(C)c1C(=O)NC[C@@H]1CC(=O)N(C2CCCC2)C1. The van der Waals surface area contributed by atoms with Crippen LogP contribution in [0.1, 0.15) is 53.8 Å². The van der Waals surface area contributed by atoms with Crippen molar-refractivity contribution in [1.29, 1.82) is 0 Å². The van der Waals surface area contributed by atoms with E-state index in [1.54, 1.807) is 0 Å². The minimum absolute atomic E-state index is 0.146. The molecule has 0 unspecified atom stereocenters. The number of nitrogens with zero attached hydrogens (tertiary/aromatic N) is 3. The van der Waals surface area contributed by atoms with Gasteiger partial charge in [0.2, 0.25) is 5.91 Å². The summed E-state index contributed by atoms with van der Waals surface area (Å²) in [7, 11) is 0. The van der Waals surface area contributed by atoms with Crippen LogP contribution in [0, 0.1) is 19.8 Å². The molecule has 0 bridgehead atoms. The molecule has 2 aliphatic rings. The fourth-order valence-corrected chi connectivity index (χ4v) is 3.76. The van der Waals surface area contributed by atoms with Crippen molar-refractivity contribution >= 4 is 11.8 Å². The van der Waals surface area contributed by atoms with E-state index >= 15 is 0 Å². The topological polar surface area (TPSA) is 75.2 Å². The lowest BCUT2D eigenvalue weighted by molar-refractivity contribution is -0.129. The summed E-state index contributed by atoms with van der Waals surface area (Å²) in [5.74, 6) is 0.302. The Labute approximate surface area is 136 Å². The maximum atomic E-state index is 12.4. The highest BCUT2D eigenvalue weighted by molar-refractivity contribution is 5.96. The van der Waals surface area contributed by atoms with Crippen molar-refractivity contribution in [3.05, 3.63) is 23.3 Å². The highest BCUT2D eigenvalue weighted by Gasteiger charge is 2.35. The summed E-state index contributed by atoms with van der Waals surface area (Å²) in [6, 6.07) is 0.426. The van der Waals surface area contributed by atoms with Crippen LogP contribution in [0.5, 0.6) is 0 Å². The number of aryl methyl sites for hydroxylation is 2. The average Bonchev–Trinajstić information content (AvgIpc) is 3.14. The molecule has 1 atom stereocenters. The zero-order valence-corrected chi connectivity index (χ0v) is 13.8. The fraction of sp³-hybridized carbons (Fsp3) is 0.647. The minimum Gasteiger partial charge on any atom is -0.352 e. The zero-order valence-electron chi connectivity index (χ0n) is 13.8. The third-order valence-electron chi connectivity index (χ3n) is 5.01. The first-order valence-electron chi connectivity index (χ1n) is 8.42. The van der Waals surface area contributed by atoms with E-state index in [0.717, 1.165) is 19.4 Å². The summed E-state index contributed by atoms with van der Waals surface area (Å²) in [6.45, 7) is 4.92. The van der Waals surface area contributed by atoms with Gasteiger partial charge in [0.25, 0.3) is 5.91 Å². The van der Waals surface area contributed by atoms with Crippen LogP contribution in [0.2, 0.25) is 0 Å². The van der Waals surface area contributed by atoms with Gasteiger partial charge in [-0.05, 0) is 26.7 Å². The Bertz CT molecular complexity index is 590. The third kappa shape index (κ3) is 3.35. The van der Waals surface area contributed by atoms with Gasteiger partial charge in [-0.3, -0.25) is 9.59 Å². The largest absolute Gasteiger partial charge is 0.352 e. The monoisotopic (exact) mass is 316 g/mol. The second-order valence-electron chi connectivity index (χ2n) is 6.68. The van der Waals surface area contributed by atoms with Crippen molar-refractivity contribution in [2.24, 2.45) is 5.92 Å². The maximum Gasteiger partial charge on any atom is 0.254 e. The van der Waals surface area contributed by atoms with Crippen LogP contribution in [0.4, 0.5) is 0 Å². The number of carbonyl (C=O) groups is 2. The average molecular weight is 316 g/mol. The lowest BCUT2D eigenvalue weighted by atomic mass is 10.1. The predicted octanol–water partition coefficient (Wildman–Crippen LogP) is 1.61. The van der Waals surface area contributed by atoms with Crippen molar-refractivity contribution in [2.45, 2.75) is 52.0 Å². The summed E-state index contributed by atoms with van der Waals surface area (Å²) in [4.78, 5) is 34.8. The number of hydrogen-bond donors (Lipinski definition) is 1. The zero-order chi connectivity index (χ0) is 16.4. The van der Waals surface area contributed by atoms with E-state index in [9.17, 15) is 9.59 Å². The molecular weight excluding hydrogens is 292 g/mol. The van der Waals surface area contributed by atoms with Gasteiger partial charge in [-0.1, -0.05) is 12.8 Å². The van der Waals surface area contributed by atoms with Crippen LogP contribution in [-0.4, -0.2) is 45.8 Å². The third-order valence-corrected chi connectivity index (χ3v) is 5.01. The highest BCUT2D eigenvalue weighted by atomic mass is 16.2. The molecule has 1 aromatic heterocycles. The first-order valence-corrected chi connectivity index (χ1v) is 8.42.